The molecule has 0 spiro atoms. The minimum Gasteiger partial charge on any atom is -0.490 e. The second-order valence-electron chi connectivity index (χ2n) is 6.60. The van der Waals surface area contributed by atoms with Crippen LogP contribution in [0.5, 0.6) is 11.5 Å². The van der Waals surface area contributed by atoms with Gasteiger partial charge in [0.15, 0.2) is 11.5 Å². The summed E-state index contributed by atoms with van der Waals surface area (Å²) in [6.07, 6.45) is 2.86. The molecule has 11 heteroatoms. The Morgan fingerprint density at radius 1 is 1.21 bits per heavy atom. The third-order valence-corrected chi connectivity index (χ3v) is 4.98. The van der Waals surface area contributed by atoms with Crippen LogP contribution >= 0.6 is 15.9 Å². The molecule has 33 heavy (non-hydrogen) atoms. The number of urea groups is 1. The molecule has 1 saturated heterocycles. The Kier molecular flexibility index (Phi) is 7.23. The Balaban J connectivity index is 2.03. The Morgan fingerprint density at radius 2 is 1.97 bits per heavy atom. The third kappa shape index (κ3) is 5.09. The van der Waals surface area contributed by atoms with Gasteiger partial charge in [0.2, 0.25) is 0 Å². The van der Waals surface area contributed by atoms with Gasteiger partial charge in [0.05, 0.1) is 21.7 Å². The van der Waals surface area contributed by atoms with Crippen molar-refractivity contribution in [2.75, 3.05) is 18.1 Å². The fraction of sp³-hybridized carbons (Fsp3) is 0.136. The van der Waals surface area contributed by atoms with Crippen molar-refractivity contribution in [1.29, 1.82) is 0 Å². The van der Waals surface area contributed by atoms with Crippen molar-refractivity contribution in [3.63, 3.8) is 0 Å². The number of amides is 4. The third-order valence-electron chi connectivity index (χ3n) is 4.39. The number of benzene rings is 2. The maximum Gasteiger partial charge on any atom is 0.335 e. The average molecular weight is 516 g/mol. The molecule has 170 valence electrons. The summed E-state index contributed by atoms with van der Waals surface area (Å²) in [4.78, 5) is 48.9. The fourth-order valence-corrected chi connectivity index (χ4v) is 3.60. The molecule has 0 bridgehead atoms. The van der Waals surface area contributed by atoms with Crippen LogP contribution < -0.4 is 19.7 Å². The van der Waals surface area contributed by atoms with Gasteiger partial charge in [-0.2, -0.15) is 0 Å². The van der Waals surface area contributed by atoms with Crippen LogP contribution in [-0.4, -0.2) is 36.0 Å². The van der Waals surface area contributed by atoms with E-state index < -0.39 is 22.8 Å². The van der Waals surface area contributed by atoms with E-state index in [0.29, 0.717) is 33.0 Å². The molecule has 10 nitrogen and oxygen atoms in total. The molecule has 1 N–H and O–H groups in total. The number of nitrogens with one attached hydrogen (secondary N) is 1. The molecule has 1 heterocycles. The Labute approximate surface area is 196 Å². The van der Waals surface area contributed by atoms with Crippen LogP contribution in [0.1, 0.15) is 12.5 Å². The number of barbiturate groups is 1. The van der Waals surface area contributed by atoms with E-state index in [1.807, 2.05) is 0 Å². The highest BCUT2D eigenvalue weighted by Gasteiger charge is 2.37. The largest absolute Gasteiger partial charge is 0.490 e. The number of carbonyl (C=O) groups excluding carboxylic acids is 3. The molecule has 0 unspecified atom stereocenters. The van der Waals surface area contributed by atoms with Crippen molar-refractivity contribution in [1.82, 2.24) is 5.32 Å². The lowest BCUT2D eigenvalue weighted by Gasteiger charge is -2.26. The number of nitro groups is 1. The Bertz CT molecular complexity index is 1190. The van der Waals surface area contributed by atoms with E-state index in [9.17, 15) is 24.5 Å². The molecular formula is C22H18BrN3O7. The van der Waals surface area contributed by atoms with E-state index in [-0.39, 0.29) is 23.6 Å². The maximum absolute atomic E-state index is 13.1. The lowest BCUT2D eigenvalue weighted by molar-refractivity contribution is -0.384. The van der Waals surface area contributed by atoms with Gasteiger partial charge in [-0.05, 0) is 52.7 Å². The van der Waals surface area contributed by atoms with Gasteiger partial charge in [-0.15, -0.1) is 0 Å². The molecule has 1 fully saturated rings. The summed E-state index contributed by atoms with van der Waals surface area (Å²) in [7, 11) is 0. The molecule has 4 amide bonds. The van der Waals surface area contributed by atoms with Gasteiger partial charge in [0.1, 0.15) is 12.2 Å². The lowest BCUT2D eigenvalue weighted by atomic mass is 10.1. The molecule has 0 radical (unpaired) electrons. The van der Waals surface area contributed by atoms with Crippen LogP contribution in [0.3, 0.4) is 0 Å². The maximum atomic E-state index is 13.1. The highest BCUT2D eigenvalue weighted by Crippen LogP contribution is 2.38. The molecule has 2 aromatic rings. The number of carbonyl (C=O) groups is 3. The van der Waals surface area contributed by atoms with Crippen LogP contribution in [0.4, 0.5) is 16.2 Å². The number of nitro benzene ring substituents is 1. The van der Waals surface area contributed by atoms with Crippen molar-refractivity contribution >= 4 is 51.2 Å². The highest BCUT2D eigenvalue weighted by molar-refractivity contribution is 9.10. The van der Waals surface area contributed by atoms with E-state index in [0.717, 1.165) is 6.07 Å². The zero-order valence-corrected chi connectivity index (χ0v) is 19.0. The smallest absolute Gasteiger partial charge is 0.335 e. The first-order valence-electron chi connectivity index (χ1n) is 9.62. The number of non-ortho nitro benzene ring substituents is 1. The predicted molar refractivity (Wildman–Crippen MR) is 123 cm³/mol. The van der Waals surface area contributed by atoms with E-state index in [1.54, 1.807) is 25.1 Å². The van der Waals surface area contributed by atoms with Gasteiger partial charge < -0.3 is 9.47 Å². The minimum atomic E-state index is -1.01. The number of imide groups is 2. The van der Waals surface area contributed by atoms with E-state index >= 15 is 0 Å². The van der Waals surface area contributed by atoms with E-state index in [4.69, 9.17) is 9.47 Å². The van der Waals surface area contributed by atoms with Crippen molar-refractivity contribution in [3.8, 4) is 11.5 Å². The van der Waals surface area contributed by atoms with E-state index in [1.165, 1.54) is 24.3 Å². The van der Waals surface area contributed by atoms with Crippen LogP contribution in [0, 0.1) is 10.1 Å². The number of anilines is 1. The fourth-order valence-electron chi connectivity index (χ4n) is 3.02. The molecule has 1 aliphatic heterocycles. The van der Waals surface area contributed by atoms with Crippen LogP contribution in [0.15, 0.2) is 59.1 Å². The highest BCUT2D eigenvalue weighted by atomic mass is 79.9. The number of halogens is 1. The van der Waals surface area contributed by atoms with Crippen molar-refractivity contribution in [3.05, 3.63) is 74.8 Å². The molecule has 0 aliphatic carbocycles. The zero-order chi connectivity index (χ0) is 24.1. The summed E-state index contributed by atoms with van der Waals surface area (Å²) < 4.78 is 11.7. The molecule has 2 aromatic carbocycles. The second kappa shape index (κ2) is 10.1. The first-order chi connectivity index (χ1) is 15.8. The predicted octanol–water partition coefficient (Wildman–Crippen LogP) is 3.99. The summed E-state index contributed by atoms with van der Waals surface area (Å²) >= 11 is 3.39. The van der Waals surface area contributed by atoms with Gasteiger partial charge in [0, 0.05) is 12.1 Å². The topological polar surface area (TPSA) is 128 Å². The van der Waals surface area contributed by atoms with Gasteiger partial charge in [-0.1, -0.05) is 18.7 Å². The summed E-state index contributed by atoms with van der Waals surface area (Å²) in [5, 5.41) is 13.2. The van der Waals surface area contributed by atoms with Crippen molar-refractivity contribution < 1.29 is 28.8 Å². The van der Waals surface area contributed by atoms with Gasteiger partial charge >= 0.3 is 6.03 Å². The first-order valence-corrected chi connectivity index (χ1v) is 10.4. The normalized spacial score (nSPS) is 14.8. The summed E-state index contributed by atoms with van der Waals surface area (Å²) in [5.74, 6) is -1.03. The molecule has 0 atom stereocenters. The standard InChI is InChI=1S/C22H18BrN3O7/c1-3-8-33-19-17(23)10-13(11-18(19)32-4-2)9-16-20(27)24-22(29)25(21(16)28)14-6-5-7-15(12-14)26(30)31/h3,5-7,9-12H,1,4,8H2,2H3,(H,24,27,29)/b16-9+. The summed E-state index contributed by atoms with van der Waals surface area (Å²) in [6.45, 7) is 5.97. The van der Waals surface area contributed by atoms with Crippen LogP contribution in [0.2, 0.25) is 0 Å². The molecule has 0 saturated carbocycles. The van der Waals surface area contributed by atoms with Gasteiger partial charge in [0.25, 0.3) is 17.5 Å². The average Bonchev–Trinajstić information content (AvgIpc) is 2.76. The van der Waals surface area contributed by atoms with Crippen LogP contribution in [-0.2, 0) is 9.59 Å². The monoisotopic (exact) mass is 515 g/mol. The van der Waals surface area contributed by atoms with Gasteiger partial charge in [-0.3, -0.25) is 25.0 Å². The molecule has 3 rings (SSSR count). The minimum absolute atomic E-state index is 0.0468. The Hall–Kier alpha value is -3.99. The number of hydrogen-bond acceptors (Lipinski definition) is 7. The number of hydrogen-bond donors (Lipinski definition) is 1. The molecule has 0 aromatic heterocycles. The quantitative estimate of drug-likeness (QED) is 0.185. The number of nitrogens with zero attached hydrogens (tertiary/aromatic N) is 2. The van der Waals surface area contributed by atoms with Crippen molar-refractivity contribution in [2.45, 2.75) is 6.92 Å². The van der Waals surface area contributed by atoms with Crippen molar-refractivity contribution in [2.24, 2.45) is 0 Å². The SMILES string of the molecule is C=CCOc1c(Br)cc(/C=C2\C(=O)NC(=O)N(c3cccc([N+](=O)[O-])c3)C2=O)cc1OCC. The zero-order valence-electron chi connectivity index (χ0n) is 17.4. The lowest BCUT2D eigenvalue weighted by Crippen LogP contribution is -2.54. The van der Waals surface area contributed by atoms with Crippen LogP contribution in [0.25, 0.3) is 6.08 Å². The van der Waals surface area contributed by atoms with Gasteiger partial charge in [-0.25, -0.2) is 9.69 Å². The number of ether oxygens (including phenoxy) is 2. The first kappa shape index (κ1) is 23.7. The van der Waals surface area contributed by atoms with E-state index in [2.05, 4.69) is 27.8 Å². The summed E-state index contributed by atoms with van der Waals surface area (Å²) in [5.41, 5.74) is -0.274. The molecular weight excluding hydrogens is 498 g/mol. The second-order valence-corrected chi connectivity index (χ2v) is 7.45. The Morgan fingerprint density at radius 3 is 2.64 bits per heavy atom. The summed E-state index contributed by atoms with van der Waals surface area (Å²) in [6, 6.07) is 7.17. The molecule has 1 aliphatic rings. The number of rotatable bonds is 8.